The summed E-state index contributed by atoms with van der Waals surface area (Å²) in [4.78, 5) is 26.4. The summed E-state index contributed by atoms with van der Waals surface area (Å²) in [6, 6.07) is 14.3. The molecular weight excluding hydrogens is 366 g/mol. The van der Waals surface area contributed by atoms with E-state index in [4.69, 9.17) is 4.74 Å². The van der Waals surface area contributed by atoms with Gasteiger partial charge in [0.2, 0.25) is 0 Å². The van der Waals surface area contributed by atoms with Crippen molar-refractivity contribution in [1.82, 2.24) is 4.90 Å². The second-order valence-corrected chi connectivity index (χ2v) is 8.22. The van der Waals surface area contributed by atoms with Gasteiger partial charge in [-0.25, -0.2) is 0 Å². The smallest absolute Gasteiger partial charge is 0.261 e. The van der Waals surface area contributed by atoms with E-state index in [1.165, 1.54) is 30.6 Å². The summed E-state index contributed by atoms with van der Waals surface area (Å²) in [5, 5.41) is 10.8. The predicted octanol–water partition coefficient (Wildman–Crippen LogP) is 4.22. The third kappa shape index (κ3) is 4.06. The molecule has 0 saturated heterocycles. The number of carbonyl (C=O) groups excluding carboxylic acids is 2. The standard InChI is InChI=1S/C24H27NO4/c1-16(14-25-23(27)20-11-4-5-12-21(20)24(25)28)22(26)18-9-6-10-19(13-18)29-15-17-7-2-3-8-17/h4-6,9-13,16-17,22,26H,2-3,7-8,14-15H2,1H3. The summed E-state index contributed by atoms with van der Waals surface area (Å²) in [5.74, 6) is 0.483. The molecule has 1 saturated carbocycles. The third-order valence-electron chi connectivity index (χ3n) is 6.05. The molecule has 152 valence electrons. The molecule has 1 fully saturated rings. The van der Waals surface area contributed by atoms with Gasteiger partial charge in [0.1, 0.15) is 5.75 Å². The van der Waals surface area contributed by atoms with Crippen LogP contribution in [0.4, 0.5) is 0 Å². The molecule has 2 atom stereocenters. The highest BCUT2D eigenvalue weighted by molar-refractivity contribution is 6.21. The minimum absolute atomic E-state index is 0.167. The minimum Gasteiger partial charge on any atom is -0.493 e. The van der Waals surface area contributed by atoms with Crippen molar-refractivity contribution in [3.05, 3.63) is 65.2 Å². The number of hydrogen-bond acceptors (Lipinski definition) is 4. The first-order valence-corrected chi connectivity index (χ1v) is 10.4. The van der Waals surface area contributed by atoms with Gasteiger partial charge in [-0.15, -0.1) is 0 Å². The summed E-state index contributed by atoms with van der Waals surface area (Å²) >= 11 is 0. The molecule has 0 bridgehead atoms. The number of imide groups is 1. The van der Waals surface area contributed by atoms with E-state index >= 15 is 0 Å². The van der Waals surface area contributed by atoms with Crippen LogP contribution in [0.5, 0.6) is 5.75 Å². The number of carbonyl (C=O) groups is 2. The lowest BCUT2D eigenvalue weighted by molar-refractivity contribution is 0.0536. The number of aliphatic hydroxyl groups is 1. The van der Waals surface area contributed by atoms with Crippen molar-refractivity contribution in [2.24, 2.45) is 11.8 Å². The highest BCUT2D eigenvalue weighted by Crippen LogP contribution is 2.30. The third-order valence-corrected chi connectivity index (χ3v) is 6.05. The van der Waals surface area contributed by atoms with E-state index in [0.29, 0.717) is 23.7 Å². The molecular formula is C24H27NO4. The van der Waals surface area contributed by atoms with Crippen LogP contribution in [0.15, 0.2) is 48.5 Å². The van der Waals surface area contributed by atoms with Gasteiger partial charge in [-0.05, 0) is 48.6 Å². The molecule has 0 aromatic heterocycles. The molecule has 29 heavy (non-hydrogen) atoms. The van der Waals surface area contributed by atoms with Crippen molar-refractivity contribution in [1.29, 1.82) is 0 Å². The number of rotatable bonds is 7. The van der Waals surface area contributed by atoms with E-state index in [9.17, 15) is 14.7 Å². The lowest BCUT2D eigenvalue weighted by Crippen LogP contribution is -2.35. The van der Waals surface area contributed by atoms with Crippen molar-refractivity contribution < 1.29 is 19.4 Å². The van der Waals surface area contributed by atoms with Crippen molar-refractivity contribution in [3.63, 3.8) is 0 Å². The zero-order valence-corrected chi connectivity index (χ0v) is 16.7. The van der Waals surface area contributed by atoms with Gasteiger partial charge in [-0.1, -0.05) is 44.0 Å². The Balaban J connectivity index is 1.40. The van der Waals surface area contributed by atoms with Gasteiger partial charge in [0.25, 0.3) is 11.8 Å². The number of aliphatic hydroxyl groups excluding tert-OH is 1. The average Bonchev–Trinajstić information content (AvgIpc) is 3.35. The zero-order valence-electron chi connectivity index (χ0n) is 16.7. The number of fused-ring (bicyclic) bond motifs is 1. The van der Waals surface area contributed by atoms with Crippen LogP contribution < -0.4 is 4.74 Å². The van der Waals surface area contributed by atoms with Crippen molar-refractivity contribution in [2.75, 3.05) is 13.2 Å². The molecule has 1 N–H and O–H groups in total. The quantitative estimate of drug-likeness (QED) is 0.715. The van der Waals surface area contributed by atoms with Crippen LogP contribution >= 0.6 is 0 Å². The van der Waals surface area contributed by atoms with Crippen LogP contribution in [0, 0.1) is 11.8 Å². The Labute approximate surface area is 171 Å². The first kappa shape index (κ1) is 19.6. The molecule has 5 heteroatoms. The van der Waals surface area contributed by atoms with Gasteiger partial charge >= 0.3 is 0 Å². The largest absolute Gasteiger partial charge is 0.493 e. The van der Waals surface area contributed by atoms with Crippen LogP contribution in [-0.4, -0.2) is 35.0 Å². The molecule has 5 nitrogen and oxygen atoms in total. The lowest BCUT2D eigenvalue weighted by atomic mass is 9.96. The fraction of sp³-hybridized carbons (Fsp3) is 0.417. The topological polar surface area (TPSA) is 66.8 Å². The lowest BCUT2D eigenvalue weighted by Gasteiger charge is -2.24. The summed E-state index contributed by atoms with van der Waals surface area (Å²) in [6.07, 6.45) is 4.21. The van der Waals surface area contributed by atoms with Crippen LogP contribution in [0.25, 0.3) is 0 Å². The monoisotopic (exact) mass is 393 g/mol. The van der Waals surface area contributed by atoms with Gasteiger partial charge in [-0.2, -0.15) is 0 Å². The second kappa shape index (κ2) is 8.37. The second-order valence-electron chi connectivity index (χ2n) is 8.22. The van der Waals surface area contributed by atoms with Gasteiger partial charge in [-0.3, -0.25) is 14.5 Å². The maximum Gasteiger partial charge on any atom is 0.261 e. The molecule has 1 heterocycles. The minimum atomic E-state index is -0.797. The van der Waals surface area contributed by atoms with Crippen LogP contribution in [0.1, 0.15) is 65.0 Å². The Bertz CT molecular complexity index is 868. The number of benzene rings is 2. The molecule has 2 unspecified atom stereocenters. The van der Waals surface area contributed by atoms with E-state index in [1.807, 2.05) is 31.2 Å². The molecule has 1 aliphatic carbocycles. The summed E-state index contributed by atoms with van der Waals surface area (Å²) in [6.45, 7) is 2.73. The maximum atomic E-state index is 12.6. The number of nitrogens with zero attached hydrogens (tertiary/aromatic N) is 1. The SMILES string of the molecule is CC(CN1C(=O)c2ccccc2C1=O)C(O)c1cccc(OCC2CCCC2)c1. The molecule has 2 aliphatic rings. The molecule has 0 spiro atoms. The van der Waals surface area contributed by atoms with Crippen LogP contribution in [-0.2, 0) is 0 Å². The molecule has 4 rings (SSSR count). The molecule has 2 amide bonds. The van der Waals surface area contributed by atoms with Crippen LogP contribution in [0.2, 0.25) is 0 Å². The van der Waals surface area contributed by atoms with E-state index in [1.54, 1.807) is 24.3 Å². The highest BCUT2D eigenvalue weighted by Gasteiger charge is 2.36. The Morgan fingerprint density at radius 3 is 2.34 bits per heavy atom. The molecule has 2 aromatic carbocycles. The van der Waals surface area contributed by atoms with E-state index < -0.39 is 6.10 Å². The van der Waals surface area contributed by atoms with Gasteiger partial charge in [0.05, 0.1) is 23.8 Å². The van der Waals surface area contributed by atoms with Crippen LogP contribution in [0.3, 0.4) is 0 Å². The summed E-state index contributed by atoms with van der Waals surface area (Å²) < 4.78 is 5.94. The number of amides is 2. The Hall–Kier alpha value is -2.66. The first-order chi connectivity index (χ1) is 14.0. The average molecular weight is 393 g/mol. The van der Waals surface area contributed by atoms with Gasteiger partial charge in [0, 0.05) is 12.5 Å². The predicted molar refractivity (Wildman–Crippen MR) is 110 cm³/mol. The fourth-order valence-corrected chi connectivity index (χ4v) is 4.30. The summed E-state index contributed by atoms with van der Waals surface area (Å²) in [7, 11) is 0. The molecule has 2 aromatic rings. The van der Waals surface area contributed by atoms with E-state index in [0.717, 1.165) is 11.3 Å². The maximum absolute atomic E-state index is 12.6. The Kier molecular flexibility index (Phi) is 5.67. The van der Waals surface area contributed by atoms with Crippen molar-refractivity contribution >= 4 is 11.8 Å². The van der Waals surface area contributed by atoms with Gasteiger partial charge < -0.3 is 9.84 Å². The first-order valence-electron chi connectivity index (χ1n) is 10.4. The number of ether oxygens (including phenoxy) is 1. The zero-order chi connectivity index (χ0) is 20.4. The Morgan fingerprint density at radius 1 is 1.03 bits per heavy atom. The van der Waals surface area contributed by atoms with E-state index in [-0.39, 0.29) is 24.3 Å². The van der Waals surface area contributed by atoms with Crippen molar-refractivity contribution in [2.45, 2.75) is 38.7 Å². The normalized spacial score (nSPS) is 18.8. The fourth-order valence-electron chi connectivity index (χ4n) is 4.30. The number of hydrogen-bond donors (Lipinski definition) is 1. The van der Waals surface area contributed by atoms with E-state index in [2.05, 4.69) is 0 Å². The highest BCUT2D eigenvalue weighted by atomic mass is 16.5. The summed E-state index contributed by atoms with van der Waals surface area (Å²) in [5.41, 5.74) is 1.60. The molecule has 0 radical (unpaired) electrons. The van der Waals surface area contributed by atoms with Gasteiger partial charge in [0.15, 0.2) is 0 Å². The Morgan fingerprint density at radius 2 is 1.69 bits per heavy atom. The van der Waals surface area contributed by atoms with Crippen molar-refractivity contribution in [3.8, 4) is 5.75 Å². The molecule has 1 aliphatic heterocycles.